The van der Waals surface area contributed by atoms with Crippen LogP contribution < -0.4 is 5.32 Å². The Bertz CT molecular complexity index is 528. The maximum atomic E-state index is 4.41. The van der Waals surface area contributed by atoms with Gasteiger partial charge in [0.25, 0.3) is 0 Å². The summed E-state index contributed by atoms with van der Waals surface area (Å²) < 4.78 is 1.96. The molecular weight excluding hydrogens is 200 g/mol. The molecule has 16 heavy (non-hydrogen) atoms. The Morgan fingerprint density at radius 2 is 2.31 bits per heavy atom. The molecule has 4 nitrogen and oxygen atoms in total. The Morgan fingerprint density at radius 1 is 1.38 bits per heavy atom. The highest BCUT2D eigenvalue weighted by atomic mass is 15.1. The van der Waals surface area contributed by atoms with Crippen molar-refractivity contribution in [3.8, 4) is 5.69 Å². The van der Waals surface area contributed by atoms with E-state index in [1.165, 1.54) is 5.56 Å². The molecule has 0 atom stereocenters. The van der Waals surface area contributed by atoms with Gasteiger partial charge in [0.15, 0.2) is 0 Å². The van der Waals surface area contributed by atoms with Crippen LogP contribution in [0.15, 0.2) is 43.3 Å². The van der Waals surface area contributed by atoms with Crippen LogP contribution in [0.5, 0.6) is 0 Å². The van der Waals surface area contributed by atoms with E-state index in [0.717, 1.165) is 30.0 Å². The maximum absolute atomic E-state index is 4.41. The molecule has 0 saturated carbocycles. The highest BCUT2D eigenvalue weighted by Gasteiger charge is 2.12. The lowest BCUT2D eigenvalue weighted by Gasteiger charge is -2.19. The summed E-state index contributed by atoms with van der Waals surface area (Å²) in [6.45, 7) is 3.92. The van der Waals surface area contributed by atoms with Gasteiger partial charge in [-0.05, 0) is 24.5 Å². The van der Waals surface area contributed by atoms with Gasteiger partial charge in [0.1, 0.15) is 5.82 Å². The van der Waals surface area contributed by atoms with E-state index in [1.807, 2.05) is 17.0 Å². The molecule has 3 heterocycles. The highest BCUT2D eigenvalue weighted by Crippen LogP contribution is 2.25. The predicted octanol–water partition coefficient (Wildman–Crippen LogP) is 2.14. The molecule has 0 spiro atoms. The van der Waals surface area contributed by atoms with E-state index in [9.17, 15) is 0 Å². The molecule has 1 aliphatic heterocycles. The number of hydrogen-bond acceptors (Lipinski definition) is 3. The summed E-state index contributed by atoms with van der Waals surface area (Å²) in [7, 11) is 0. The van der Waals surface area contributed by atoms with Gasteiger partial charge in [-0.25, -0.2) is 9.97 Å². The van der Waals surface area contributed by atoms with Gasteiger partial charge in [-0.3, -0.25) is 0 Å². The van der Waals surface area contributed by atoms with Crippen LogP contribution in [0.1, 0.15) is 12.0 Å². The molecule has 0 unspecified atom stereocenters. The van der Waals surface area contributed by atoms with E-state index in [1.54, 1.807) is 12.5 Å². The number of aromatic nitrogens is 3. The quantitative estimate of drug-likeness (QED) is 0.787. The smallest absolute Gasteiger partial charge is 0.133 e. The minimum atomic E-state index is 0.931. The van der Waals surface area contributed by atoms with Crippen LogP contribution in [0.2, 0.25) is 0 Å². The average molecular weight is 212 g/mol. The number of anilines is 1. The Kier molecular flexibility index (Phi) is 1.99. The molecule has 0 saturated heterocycles. The summed E-state index contributed by atoms with van der Waals surface area (Å²) in [5.41, 5.74) is 3.32. The van der Waals surface area contributed by atoms with Crippen molar-refractivity contribution in [1.82, 2.24) is 14.5 Å². The third-order valence-electron chi connectivity index (χ3n) is 2.75. The summed E-state index contributed by atoms with van der Waals surface area (Å²) >= 11 is 0. The van der Waals surface area contributed by atoms with E-state index in [-0.39, 0.29) is 0 Å². The molecular formula is C12H12N4. The first-order chi connectivity index (χ1) is 7.83. The summed E-state index contributed by atoms with van der Waals surface area (Å²) in [5, 5.41) is 3.20. The SMILES string of the molecule is C=C1CCc2cc(-n3ccnc3)cnc2N1. The minimum absolute atomic E-state index is 0.931. The Hall–Kier alpha value is -2.10. The molecule has 3 rings (SSSR count). The zero-order valence-corrected chi connectivity index (χ0v) is 8.85. The van der Waals surface area contributed by atoms with Gasteiger partial charge in [0, 0.05) is 18.1 Å². The fourth-order valence-corrected chi connectivity index (χ4v) is 1.87. The van der Waals surface area contributed by atoms with Crippen LogP contribution in [0.4, 0.5) is 5.82 Å². The number of hydrogen-bond donors (Lipinski definition) is 1. The number of rotatable bonds is 1. The number of aryl methyl sites for hydroxylation is 1. The molecule has 0 radical (unpaired) electrons. The van der Waals surface area contributed by atoms with Crippen molar-refractivity contribution in [3.63, 3.8) is 0 Å². The van der Waals surface area contributed by atoms with Crippen LogP contribution in [0, 0.1) is 0 Å². The Balaban J connectivity index is 2.03. The molecule has 1 aliphatic rings. The van der Waals surface area contributed by atoms with Crippen molar-refractivity contribution in [2.24, 2.45) is 0 Å². The van der Waals surface area contributed by atoms with Gasteiger partial charge >= 0.3 is 0 Å². The molecule has 4 heteroatoms. The highest BCUT2D eigenvalue weighted by molar-refractivity contribution is 5.54. The second kappa shape index (κ2) is 3.48. The zero-order valence-electron chi connectivity index (χ0n) is 8.85. The van der Waals surface area contributed by atoms with Crippen LogP contribution >= 0.6 is 0 Å². The molecule has 0 aromatic carbocycles. The van der Waals surface area contributed by atoms with Crippen molar-refractivity contribution in [2.45, 2.75) is 12.8 Å². The number of nitrogens with one attached hydrogen (secondary N) is 1. The van der Waals surface area contributed by atoms with Gasteiger partial charge in [-0.1, -0.05) is 6.58 Å². The van der Waals surface area contributed by atoms with Gasteiger partial charge in [0.05, 0.1) is 18.2 Å². The Labute approximate surface area is 93.7 Å². The molecule has 0 aliphatic carbocycles. The minimum Gasteiger partial charge on any atom is -0.344 e. The zero-order chi connectivity index (χ0) is 11.0. The lowest BCUT2D eigenvalue weighted by Crippen LogP contribution is -2.11. The predicted molar refractivity (Wildman–Crippen MR) is 62.4 cm³/mol. The summed E-state index contributed by atoms with van der Waals surface area (Å²) in [6.07, 6.45) is 9.27. The lowest BCUT2D eigenvalue weighted by atomic mass is 10.1. The molecule has 0 bridgehead atoms. The molecule has 0 fully saturated rings. The van der Waals surface area contributed by atoms with Gasteiger partial charge < -0.3 is 9.88 Å². The number of fused-ring (bicyclic) bond motifs is 1. The third-order valence-corrected chi connectivity index (χ3v) is 2.75. The number of imidazole rings is 1. The third kappa shape index (κ3) is 1.48. The van der Waals surface area contributed by atoms with E-state index in [4.69, 9.17) is 0 Å². The Morgan fingerprint density at radius 3 is 3.12 bits per heavy atom. The van der Waals surface area contributed by atoms with Crippen LogP contribution in [0.25, 0.3) is 5.69 Å². The topological polar surface area (TPSA) is 42.7 Å². The fraction of sp³-hybridized carbons (Fsp3) is 0.167. The first kappa shape index (κ1) is 9.15. The summed E-state index contributed by atoms with van der Waals surface area (Å²) in [4.78, 5) is 8.43. The molecule has 2 aromatic rings. The molecule has 80 valence electrons. The van der Waals surface area contributed by atoms with E-state index >= 15 is 0 Å². The molecule has 0 amide bonds. The maximum Gasteiger partial charge on any atom is 0.133 e. The number of allylic oxidation sites excluding steroid dienone is 1. The van der Waals surface area contributed by atoms with Gasteiger partial charge in [-0.2, -0.15) is 0 Å². The van der Waals surface area contributed by atoms with Crippen molar-refractivity contribution < 1.29 is 0 Å². The van der Waals surface area contributed by atoms with Crippen LogP contribution in [0.3, 0.4) is 0 Å². The fourth-order valence-electron chi connectivity index (χ4n) is 1.87. The second-order valence-electron chi connectivity index (χ2n) is 3.90. The standard InChI is InChI=1S/C12H12N4/c1-9-2-3-10-6-11(7-14-12(10)15-9)16-5-4-13-8-16/h4-8H,1-3H2,(H,14,15). The van der Waals surface area contributed by atoms with E-state index in [2.05, 4.69) is 27.9 Å². The van der Waals surface area contributed by atoms with Crippen LogP contribution in [-0.2, 0) is 6.42 Å². The van der Waals surface area contributed by atoms with Crippen molar-refractivity contribution in [1.29, 1.82) is 0 Å². The number of pyridine rings is 1. The summed E-state index contributed by atoms with van der Waals surface area (Å²) in [6, 6.07) is 2.14. The largest absolute Gasteiger partial charge is 0.344 e. The normalized spacial score (nSPS) is 14.4. The molecule has 2 aromatic heterocycles. The van der Waals surface area contributed by atoms with Gasteiger partial charge in [0.2, 0.25) is 0 Å². The summed E-state index contributed by atoms with van der Waals surface area (Å²) in [5.74, 6) is 0.931. The van der Waals surface area contributed by atoms with E-state index < -0.39 is 0 Å². The lowest BCUT2D eigenvalue weighted by molar-refractivity contribution is 0.893. The number of nitrogens with zero attached hydrogens (tertiary/aromatic N) is 3. The van der Waals surface area contributed by atoms with Crippen molar-refractivity contribution in [2.75, 3.05) is 5.32 Å². The molecule has 1 N–H and O–H groups in total. The van der Waals surface area contributed by atoms with Crippen molar-refractivity contribution in [3.05, 3.63) is 48.8 Å². The monoisotopic (exact) mass is 212 g/mol. The first-order valence-corrected chi connectivity index (χ1v) is 5.25. The van der Waals surface area contributed by atoms with Gasteiger partial charge in [-0.15, -0.1) is 0 Å². The second-order valence-corrected chi connectivity index (χ2v) is 3.90. The van der Waals surface area contributed by atoms with E-state index in [0.29, 0.717) is 0 Å². The average Bonchev–Trinajstić information content (AvgIpc) is 2.82. The first-order valence-electron chi connectivity index (χ1n) is 5.25. The van der Waals surface area contributed by atoms with Crippen LogP contribution in [-0.4, -0.2) is 14.5 Å². The van der Waals surface area contributed by atoms with Crippen molar-refractivity contribution >= 4 is 5.82 Å².